The van der Waals surface area contributed by atoms with Crippen molar-refractivity contribution in [1.29, 1.82) is 0 Å². The van der Waals surface area contributed by atoms with Crippen LogP contribution < -0.4 is 5.73 Å². The molecule has 1 aromatic carbocycles. The number of hydrogen-bond donors (Lipinski definition) is 1. The molecule has 0 radical (unpaired) electrons. The molecule has 3 rings (SSSR count). The zero-order chi connectivity index (χ0) is 12.0. The highest BCUT2D eigenvalue weighted by atomic mass is 35.5. The molecule has 1 fully saturated rings. The minimum atomic E-state index is 0.149. The number of hydrogen-bond acceptors (Lipinski definition) is 2. The summed E-state index contributed by atoms with van der Waals surface area (Å²) in [6.45, 7) is 0.703. The average Bonchev–Trinajstić information content (AvgIpc) is 2.55. The Kier molecular flexibility index (Phi) is 2.42. The molecule has 0 aliphatic heterocycles. The molecule has 1 aliphatic carbocycles. The first-order valence-electron chi connectivity index (χ1n) is 6.00. The fourth-order valence-corrected chi connectivity index (χ4v) is 3.17. The van der Waals surface area contributed by atoms with E-state index >= 15 is 0 Å². The Morgan fingerprint density at radius 2 is 2.24 bits per heavy atom. The monoisotopic (exact) mass is 249 g/mol. The summed E-state index contributed by atoms with van der Waals surface area (Å²) in [6.07, 6.45) is 3.61. The Morgan fingerprint density at radius 3 is 2.82 bits per heavy atom. The van der Waals surface area contributed by atoms with Crippen LogP contribution in [0.3, 0.4) is 0 Å². The van der Waals surface area contributed by atoms with E-state index in [4.69, 9.17) is 17.3 Å². The van der Waals surface area contributed by atoms with E-state index in [0.29, 0.717) is 11.7 Å². The number of nitrogens with two attached hydrogens (primary N) is 1. The standard InChI is InChI=1S/C13H16ClN3/c1-17-11-9(12(14)16-17)4-2-5-10(11)13(8-15)6-3-7-13/h2,4-5H,3,6-8,15H2,1H3. The van der Waals surface area contributed by atoms with Crippen molar-refractivity contribution >= 4 is 22.5 Å². The molecule has 0 saturated heterocycles. The molecule has 2 aromatic rings. The zero-order valence-corrected chi connectivity index (χ0v) is 10.7. The fourth-order valence-electron chi connectivity index (χ4n) is 2.91. The molecule has 0 atom stereocenters. The van der Waals surface area contributed by atoms with Crippen molar-refractivity contribution in [2.24, 2.45) is 12.8 Å². The average molecular weight is 250 g/mol. The molecule has 0 bridgehead atoms. The maximum absolute atomic E-state index is 6.14. The van der Waals surface area contributed by atoms with Crippen molar-refractivity contribution < 1.29 is 0 Å². The lowest BCUT2D eigenvalue weighted by molar-refractivity contribution is 0.254. The molecule has 0 amide bonds. The van der Waals surface area contributed by atoms with Crippen molar-refractivity contribution in [3.63, 3.8) is 0 Å². The first-order valence-corrected chi connectivity index (χ1v) is 6.37. The van der Waals surface area contributed by atoms with E-state index < -0.39 is 0 Å². The third kappa shape index (κ3) is 1.42. The topological polar surface area (TPSA) is 43.8 Å². The second-order valence-electron chi connectivity index (χ2n) is 4.95. The molecule has 3 nitrogen and oxygen atoms in total. The molecule has 17 heavy (non-hydrogen) atoms. The quantitative estimate of drug-likeness (QED) is 0.889. The lowest BCUT2D eigenvalue weighted by Crippen LogP contribution is -2.41. The van der Waals surface area contributed by atoms with Crippen LogP contribution in [0.2, 0.25) is 5.15 Å². The number of benzene rings is 1. The van der Waals surface area contributed by atoms with Crippen molar-refractivity contribution in [2.75, 3.05) is 6.54 Å². The SMILES string of the molecule is Cn1nc(Cl)c2cccc(C3(CN)CCC3)c21. The van der Waals surface area contributed by atoms with Gasteiger partial charge >= 0.3 is 0 Å². The molecule has 1 saturated carbocycles. The summed E-state index contributed by atoms with van der Waals surface area (Å²) in [5.41, 5.74) is 8.59. The van der Waals surface area contributed by atoms with E-state index in [0.717, 1.165) is 10.9 Å². The van der Waals surface area contributed by atoms with Gasteiger partial charge in [0, 0.05) is 24.4 Å². The first-order chi connectivity index (χ1) is 8.18. The van der Waals surface area contributed by atoms with Crippen LogP contribution in [0.5, 0.6) is 0 Å². The largest absolute Gasteiger partial charge is 0.330 e. The van der Waals surface area contributed by atoms with Crippen molar-refractivity contribution in [3.05, 3.63) is 28.9 Å². The van der Waals surface area contributed by atoms with Gasteiger partial charge in [0.05, 0.1) is 5.52 Å². The van der Waals surface area contributed by atoms with Crippen LogP contribution in [0.15, 0.2) is 18.2 Å². The maximum atomic E-state index is 6.14. The minimum Gasteiger partial charge on any atom is -0.330 e. The van der Waals surface area contributed by atoms with E-state index in [1.807, 2.05) is 17.8 Å². The highest BCUT2D eigenvalue weighted by Crippen LogP contribution is 2.45. The van der Waals surface area contributed by atoms with E-state index in [9.17, 15) is 0 Å². The molecule has 0 spiro atoms. The van der Waals surface area contributed by atoms with E-state index in [-0.39, 0.29) is 5.41 Å². The van der Waals surface area contributed by atoms with Gasteiger partial charge in [-0.25, -0.2) is 0 Å². The molecule has 0 unspecified atom stereocenters. The summed E-state index contributed by atoms with van der Waals surface area (Å²) in [6, 6.07) is 6.25. The molecular formula is C13H16ClN3. The highest BCUT2D eigenvalue weighted by molar-refractivity contribution is 6.34. The van der Waals surface area contributed by atoms with Gasteiger partial charge in [0.1, 0.15) is 0 Å². The van der Waals surface area contributed by atoms with Gasteiger partial charge in [-0.1, -0.05) is 30.2 Å². The smallest absolute Gasteiger partial charge is 0.158 e. The van der Waals surface area contributed by atoms with Crippen LogP contribution in [0.1, 0.15) is 24.8 Å². The number of fused-ring (bicyclic) bond motifs is 1. The summed E-state index contributed by atoms with van der Waals surface area (Å²) in [5.74, 6) is 0. The number of aromatic nitrogens is 2. The van der Waals surface area contributed by atoms with E-state index in [2.05, 4.69) is 17.2 Å². The van der Waals surface area contributed by atoms with E-state index in [1.165, 1.54) is 24.8 Å². The molecule has 4 heteroatoms. The molecule has 2 N–H and O–H groups in total. The highest BCUT2D eigenvalue weighted by Gasteiger charge is 2.39. The summed E-state index contributed by atoms with van der Waals surface area (Å²) in [5, 5.41) is 5.91. The zero-order valence-electron chi connectivity index (χ0n) is 9.91. The lowest BCUT2D eigenvalue weighted by atomic mass is 9.64. The van der Waals surface area contributed by atoms with E-state index in [1.54, 1.807) is 0 Å². The summed E-state index contributed by atoms with van der Waals surface area (Å²) >= 11 is 6.14. The Bertz CT molecular complexity index is 564. The normalized spacial score (nSPS) is 18.3. The summed E-state index contributed by atoms with van der Waals surface area (Å²) in [7, 11) is 1.95. The van der Waals surface area contributed by atoms with Gasteiger partial charge in [-0.2, -0.15) is 5.10 Å². The Morgan fingerprint density at radius 1 is 1.47 bits per heavy atom. The van der Waals surface area contributed by atoms with Gasteiger partial charge < -0.3 is 5.73 Å². The van der Waals surface area contributed by atoms with Crippen LogP contribution in [-0.2, 0) is 12.5 Å². The van der Waals surface area contributed by atoms with Crippen molar-refractivity contribution in [2.45, 2.75) is 24.7 Å². The van der Waals surface area contributed by atoms with Crippen molar-refractivity contribution in [3.8, 4) is 0 Å². The second-order valence-corrected chi connectivity index (χ2v) is 5.31. The number of para-hydroxylation sites is 1. The van der Waals surface area contributed by atoms with Crippen molar-refractivity contribution in [1.82, 2.24) is 9.78 Å². The van der Waals surface area contributed by atoms with Crippen LogP contribution in [0.25, 0.3) is 10.9 Å². The fraction of sp³-hybridized carbons (Fsp3) is 0.462. The van der Waals surface area contributed by atoms with Gasteiger partial charge in [0.2, 0.25) is 0 Å². The van der Waals surface area contributed by atoms with Crippen LogP contribution in [0, 0.1) is 0 Å². The second kappa shape index (κ2) is 3.72. The molecule has 1 aromatic heterocycles. The third-order valence-electron chi connectivity index (χ3n) is 4.09. The molecule has 1 heterocycles. The van der Waals surface area contributed by atoms with Crippen LogP contribution >= 0.6 is 11.6 Å². The number of aryl methyl sites for hydroxylation is 1. The van der Waals surface area contributed by atoms with Gasteiger partial charge in [0.25, 0.3) is 0 Å². The van der Waals surface area contributed by atoms with Gasteiger partial charge in [0.15, 0.2) is 5.15 Å². The predicted octanol–water partition coefficient (Wildman–Crippen LogP) is 2.61. The molecule has 1 aliphatic rings. The minimum absolute atomic E-state index is 0.149. The number of halogens is 1. The Labute approximate surface area is 106 Å². The van der Waals surface area contributed by atoms with Gasteiger partial charge in [-0.15, -0.1) is 0 Å². The first kappa shape index (κ1) is 11.1. The molecule has 90 valence electrons. The third-order valence-corrected chi connectivity index (χ3v) is 4.37. The van der Waals surface area contributed by atoms with Gasteiger partial charge in [-0.3, -0.25) is 4.68 Å². The maximum Gasteiger partial charge on any atom is 0.158 e. The summed E-state index contributed by atoms with van der Waals surface area (Å²) in [4.78, 5) is 0. The molecular weight excluding hydrogens is 234 g/mol. The summed E-state index contributed by atoms with van der Waals surface area (Å²) < 4.78 is 1.88. The van der Waals surface area contributed by atoms with Crippen LogP contribution in [0.4, 0.5) is 0 Å². The Hall–Kier alpha value is -1.06. The van der Waals surface area contributed by atoms with Crippen LogP contribution in [-0.4, -0.2) is 16.3 Å². The Balaban J connectivity index is 2.29. The number of nitrogens with zero attached hydrogens (tertiary/aromatic N) is 2. The number of rotatable bonds is 2. The lowest BCUT2D eigenvalue weighted by Gasteiger charge is -2.41. The van der Waals surface area contributed by atoms with Gasteiger partial charge in [-0.05, 0) is 24.5 Å². The predicted molar refractivity (Wildman–Crippen MR) is 70.3 cm³/mol.